The van der Waals surface area contributed by atoms with Crippen molar-refractivity contribution in [2.45, 2.75) is 91.3 Å². The zero-order valence-electron chi connectivity index (χ0n) is 21.5. The molecule has 0 saturated heterocycles. The summed E-state index contributed by atoms with van der Waals surface area (Å²) in [7, 11) is 0. The molecule has 0 bridgehead atoms. The highest BCUT2D eigenvalue weighted by Gasteiger charge is 2.60. The molecule has 0 radical (unpaired) electrons. The molecule has 4 aliphatic carbocycles. The fourth-order valence-electron chi connectivity index (χ4n) is 8.41. The molecule has 0 unspecified atom stereocenters. The van der Waals surface area contributed by atoms with Crippen LogP contribution in [0.25, 0.3) is 0 Å². The SMILES string of the molecule is CC(=O)O[C@H]1CC[C@@]2(C)C(=CC[C@H]3[C@@H]4CC[C@H](C(=O)O[C@@H](C)c5ccc(Cl)cc5)[C@@]4(C)CC[C@@H]32)C1. The fraction of sp³-hybridized carbons (Fsp3) is 0.667. The Kier molecular flexibility index (Phi) is 6.57. The standard InChI is InChI=1S/C30H39ClO4/c1-18(20-5-8-22(31)9-6-20)34-28(33)27-12-11-25-24-10-7-21-17-23(35-19(2)32)13-15-29(21,3)26(24)14-16-30(25,27)4/h5-9,18,23-27H,10-17H2,1-4H3/t18-,23-,24-,25-,26-,27+,29-,30-/m0/s1. The van der Waals surface area contributed by atoms with E-state index < -0.39 is 0 Å². The smallest absolute Gasteiger partial charge is 0.310 e. The lowest BCUT2D eigenvalue weighted by Gasteiger charge is -2.57. The highest BCUT2D eigenvalue weighted by Crippen LogP contribution is 2.66. The molecule has 4 nitrogen and oxygen atoms in total. The van der Waals surface area contributed by atoms with Gasteiger partial charge in [-0.2, -0.15) is 0 Å². The van der Waals surface area contributed by atoms with Crippen molar-refractivity contribution < 1.29 is 19.1 Å². The number of benzene rings is 1. The number of halogens is 1. The summed E-state index contributed by atoms with van der Waals surface area (Å²) in [4.78, 5) is 24.9. The number of rotatable bonds is 4. The van der Waals surface area contributed by atoms with Crippen LogP contribution in [-0.2, 0) is 19.1 Å². The number of carbonyl (C=O) groups is 2. The largest absolute Gasteiger partial charge is 0.462 e. The van der Waals surface area contributed by atoms with Crippen LogP contribution in [0.15, 0.2) is 35.9 Å². The van der Waals surface area contributed by atoms with E-state index in [1.54, 1.807) is 0 Å². The van der Waals surface area contributed by atoms with Crippen LogP contribution in [-0.4, -0.2) is 18.0 Å². The number of carbonyl (C=O) groups excluding carboxylic acids is 2. The zero-order valence-corrected chi connectivity index (χ0v) is 22.3. The lowest BCUT2D eigenvalue weighted by molar-refractivity contribution is -0.161. The van der Waals surface area contributed by atoms with Gasteiger partial charge in [0.05, 0.1) is 5.92 Å². The van der Waals surface area contributed by atoms with Gasteiger partial charge >= 0.3 is 11.9 Å². The van der Waals surface area contributed by atoms with Gasteiger partial charge in [0.1, 0.15) is 12.2 Å². The van der Waals surface area contributed by atoms with Gasteiger partial charge < -0.3 is 9.47 Å². The first-order valence-corrected chi connectivity index (χ1v) is 13.8. The molecule has 3 saturated carbocycles. The highest BCUT2D eigenvalue weighted by atomic mass is 35.5. The van der Waals surface area contributed by atoms with Crippen molar-refractivity contribution >= 4 is 23.5 Å². The van der Waals surface area contributed by atoms with E-state index in [0.717, 1.165) is 50.5 Å². The number of hydrogen-bond donors (Lipinski definition) is 0. The Morgan fingerprint density at radius 2 is 1.77 bits per heavy atom. The first-order chi connectivity index (χ1) is 16.6. The van der Waals surface area contributed by atoms with Gasteiger partial charge in [0.2, 0.25) is 0 Å². The molecule has 0 amide bonds. The minimum absolute atomic E-state index is 0.00854. The summed E-state index contributed by atoms with van der Waals surface area (Å²) in [6, 6.07) is 7.57. The molecule has 190 valence electrons. The molecule has 8 atom stereocenters. The van der Waals surface area contributed by atoms with Crippen LogP contribution >= 0.6 is 11.6 Å². The molecular weight excluding hydrogens is 460 g/mol. The summed E-state index contributed by atoms with van der Waals surface area (Å²) in [5, 5.41) is 0.688. The average molecular weight is 499 g/mol. The van der Waals surface area contributed by atoms with Crippen LogP contribution in [0.5, 0.6) is 0 Å². The molecular formula is C30H39ClO4. The summed E-state index contributed by atoms with van der Waals surface area (Å²) in [5.41, 5.74) is 2.69. The van der Waals surface area contributed by atoms with Crippen molar-refractivity contribution in [1.82, 2.24) is 0 Å². The van der Waals surface area contributed by atoms with E-state index in [4.69, 9.17) is 21.1 Å². The minimum atomic E-state index is -0.273. The van der Waals surface area contributed by atoms with E-state index in [-0.39, 0.29) is 40.9 Å². The predicted octanol–water partition coefficient (Wildman–Crippen LogP) is 7.45. The van der Waals surface area contributed by atoms with Crippen LogP contribution in [0.3, 0.4) is 0 Å². The van der Waals surface area contributed by atoms with Crippen molar-refractivity contribution in [1.29, 1.82) is 0 Å². The number of esters is 2. The zero-order chi connectivity index (χ0) is 25.0. The predicted molar refractivity (Wildman–Crippen MR) is 137 cm³/mol. The second-order valence-corrected chi connectivity index (χ2v) is 12.5. The Bertz CT molecular complexity index is 1020. The van der Waals surface area contributed by atoms with Gasteiger partial charge in [0.25, 0.3) is 0 Å². The van der Waals surface area contributed by atoms with E-state index >= 15 is 0 Å². The van der Waals surface area contributed by atoms with E-state index in [0.29, 0.717) is 22.8 Å². The van der Waals surface area contributed by atoms with Crippen molar-refractivity contribution in [2.75, 3.05) is 0 Å². The average Bonchev–Trinajstić information content (AvgIpc) is 3.16. The normalized spacial score (nSPS) is 38.9. The molecule has 5 rings (SSSR count). The molecule has 35 heavy (non-hydrogen) atoms. The van der Waals surface area contributed by atoms with Gasteiger partial charge in [-0.05, 0) is 98.1 Å². The monoisotopic (exact) mass is 498 g/mol. The third kappa shape index (κ3) is 4.34. The molecule has 3 fully saturated rings. The summed E-state index contributed by atoms with van der Waals surface area (Å²) < 4.78 is 11.6. The lowest BCUT2D eigenvalue weighted by atomic mass is 9.47. The third-order valence-corrected chi connectivity index (χ3v) is 10.6. The van der Waals surface area contributed by atoms with Gasteiger partial charge in [0.15, 0.2) is 0 Å². The Morgan fingerprint density at radius 1 is 1.03 bits per heavy atom. The second kappa shape index (κ2) is 9.25. The van der Waals surface area contributed by atoms with Crippen molar-refractivity contribution in [3.8, 4) is 0 Å². The maximum absolute atomic E-state index is 13.4. The number of hydrogen-bond acceptors (Lipinski definition) is 4. The van der Waals surface area contributed by atoms with Gasteiger partial charge in [-0.25, -0.2) is 0 Å². The summed E-state index contributed by atoms with van der Waals surface area (Å²) in [5.74, 6) is 1.61. The first-order valence-electron chi connectivity index (χ1n) is 13.4. The second-order valence-electron chi connectivity index (χ2n) is 12.0. The van der Waals surface area contributed by atoms with E-state index in [1.165, 1.54) is 18.9 Å². The Labute approximate surface area is 214 Å². The molecule has 5 heteroatoms. The van der Waals surface area contributed by atoms with Gasteiger partial charge in [-0.15, -0.1) is 0 Å². The van der Waals surface area contributed by atoms with E-state index in [2.05, 4.69) is 19.9 Å². The first kappa shape index (κ1) is 24.9. The van der Waals surface area contributed by atoms with E-state index in [1.807, 2.05) is 31.2 Å². The van der Waals surface area contributed by atoms with Gasteiger partial charge in [-0.3, -0.25) is 9.59 Å². The van der Waals surface area contributed by atoms with Crippen LogP contribution in [0.4, 0.5) is 0 Å². The number of allylic oxidation sites excluding steroid dienone is 1. The van der Waals surface area contributed by atoms with E-state index in [9.17, 15) is 9.59 Å². The van der Waals surface area contributed by atoms with Gasteiger partial charge in [0, 0.05) is 18.4 Å². The number of fused-ring (bicyclic) bond motifs is 5. The molecule has 1 aromatic carbocycles. The van der Waals surface area contributed by atoms with Gasteiger partial charge in [-0.1, -0.05) is 49.2 Å². The highest BCUT2D eigenvalue weighted by molar-refractivity contribution is 6.30. The topological polar surface area (TPSA) is 52.6 Å². The van der Waals surface area contributed by atoms with Crippen molar-refractivity contribution in [2.24, 2.45) is 34.5 Å². The fourth-order valence-corrected chi connectivity index (χ4v) is 8.53. The quantitative estimate of drug-likeness (QED) is 0.319. The van der Waals surface area contributed by atoms with Crippen molar-refractivity contribution in [3.05, 3.63) is 46.5 Å². The molecule has 0 N–H and O–H groups in total. The molecule has 0 heterocycles. The molecule has 0 aliphatic heterocycles. The Balaban J connectivity index is 1.30. The lowest BCUT2D eigenvalue weighted by Crippen LogP contribution is -2.51. The van der Waals surface area contributed by atoms with Crippen LogP contribution in [0.1, 0.15) is 90.7 Å². The molecule has 0 aromatic heterocycles. The Hall–Kier alpha value is -1.81. The summed E-state index contributed by atoms with van der Waals surface area (Å²) in [6.07, 6.45) is 10.5. The third-order valence-electron chi connectivity index (χ3n) is 10.3. The van der Waals surface area contributed by atoms with Crippen LogP contribution < -0.4 is 0 Å². The maximum atomic E-state index is 13.4. The van der Waals surface area contributed by atoms with Crippen LogP contribution in [0, 0.1) is 34.5 Å². The van der Waals surface area contributed by atoms with Crippen molar-refractivity contribution in [3.63, 3.8) is 0 Å². The number of ether oxygens (including phenoxy) is 2. The molecule has 4 aliphatic rings. The summed E-state index contributed by atoms with van der Waals surface area (Å²) in [6.45, 7) is 8.28. The van der Waals surface area contributed by atoms with Crippen LogP contribution in [0.2, 0.25) is 5.02 Å². The molecule has 1 aromatic rings. The summed E-state index contributed by atoms with van der Waals surface area (Å²) >= 11 is 6.02. The maximum Gasteiger partial charge on any atom is 0.310 e. The molecule has 0 spiro atoms. The minimum Gasteiger partial charge on any atom is -0.462 e. The Morgan fingerprint density at radius 3 is 2.49 bits per heavy atom.